The smallest absolute Gasteiger partial charge is 0.340 e. The van der Waals surface area contributed by atoms with Gasteiger partial charge in [-0.1, -0.05) is 6.07 Å². The van der Waals surface area contributed by atoms with Crippen LogP contribution in [-0.4, -0.2) is 44.7 Å². The Labute approximate surface area is 160 Å². The molecule has 0 spiro atoms. The van der Waals surface area contributed by atoms with Crippen LogP contribution in [0, 0.1) is 10.1 Å². The van der Waals surface area contributed by atoms with Crippen molar-refractivity contribution in [2.75, 3.05) is 38.5 Å². The van der Waals surface area contributed by atoms with Crippen molar-refractivity contribution in [3.05, 3.63) is 52.1 Å². The maximum absolute atomic E-state index is 12.2. The Bertz CT molecular complexity index is 899. The van der Waals surface area contributed by atoms with E-state index in [-0.39, 0.29) is 23.5 Å². The Morgan fingerprint density at radius 3 is 2.36 bits per heavy atom. The summed E-state index contributed by atoms with van der Waals surface area (Å²) in [6, 6.07) is 8.50. The van der Waals surface area contributed by atoms with E-state index in [0.29, 0.717) is 17.2 Å². The second-order valence-electron chi connectivity index (χ2n) is 5.45. The minimum Gasteiger partial charge on any atom is -0.493 e. The summed E-state index contributed by atoms with van der Waals surface area (Å²) in [5, 5.41) is 16.2. The number of rotatable bonds is 8. The summed E-state index contributed by atoms with van der Waals surface area (Å²) in [6.07, 6.45) is 0. The number of carbonyl (C=O) groups excluding carboxylic acids is 2. The number of anilines is 2. The van der Waals surface area contributed by atoms with Gasteiger partial charge in [0.05, 0.1) is 44.0 Å². The molecule has 0 radical (unpaired) electrons. The van der Waals surface area contributed by atoms with E-state index in [4.69, 9.17) is 14.2 Å². The van der Waals surface area contributed by atoms with Gasteiger partial charge in [0.1, 0.15) is 0 Å². The van der Waals surface area contributed by atoms with Crippen molar-refractivity contribution >= 4 is 28.9 Å². The number of nitrogens with one attached hydrogen (secondary N) is 2. The van der Waals surface area contributed by atoms with Gasteiger partial charge in [-0.15, -0.1) is 0 Å². The quantitative estimate of drug-likeness (QED) is 0.400. The fourth-order valence-electron chi connectivity index (χ4n) is 2.38. The molecule has 0 aliphatic carbocycles. The Hall–Kier alpha value is -3.82. The van der Waals surface area contributed by atoms with Gasteiger partial charge in [-0.05, 0) is 6.07 Å². The topological polar surface area (TPSA) is 129 Å². The number of hydrogen-bond acceptors (Lipinski definition) is 8. The lowest BCUT2D eigenvalue weighted by Gasteiger charge is -2.15. The molecule has 28 heavy (non-hydrogen) atoms. The van der Waals surface area contributed by atoms with Gasteiger partial charge in [-0.25, -0.2) is 4.79 Å². The minimum atomic E-state index is -0.623. The molecular weight excluding hydrogens is 370 g/mol. The van der Waals surface area contributed by atoms with Crippen molar-refractivity contribution in [2.45, 2.75) is 0 Å². The number of hydrogen-bond donors (Lipinski definition) is 2. The van der Waals surface area contributed by atoms with Crippen LogP contribution in [-0.2, 0) is 9.53 Å². The first kappa shape index (κ1) is 20.5. The van der Waals surface area contributed by atoms with E-state index < -0.39 is 16.8 Å². The number of benzene rings is 2. The molecule has 0 bridgehead atoms. The van der Waals surface area contributed by atoms with Crippen LogP contribution in [0.15, 0.2) is 36.4 Å². The number of methoxy groups -OCH3 is 3. The number of amides is 1. The predicted molar refractivity (Wildman–Crippen MR) is 101 cm³/mol. The van der Waals surface area contributed by atoms with Crippen LogP contribution >= 0.6 is 0 Å². The van der Waals surface area contributed by atoms with Crippen LogP contribution in [0.3, 0.4) is 0 Å². The first-order valence-corrected chi connectivity index (χ1v) is 8.02. The van der Waals surface area contributed by atoms with Gasteiger partial charge in [0.25, 0.3) is 5.69 Å². The molecular formula is C18H19N3O7. The van der Waals surface area contributed by atoms with Crippen LogP contribution in [0.5, 0.6) is 11.5 Å². The highest BCUT2D eigenvalue weighted by molar-refractivity contribution is 5.99. The summed E-state index contributed by atoms with van der Waals surface area (Å²) < 4.78 is 15.1. The molecule has 0 atom stereocenters. The van der Waals surface area contributed by atoms with Crippen LogP contribution < -0.4 is 20.1 Å². The number of non-ortho nitro benzene ring substituents is 1. The molecule has 2 N–H and O–H groups in total. The zero-order chi connectivity index (χ0) is 20.7. The molecule has 0 saturated carbocycles. The molecule has 2 rings (SSSR count). The third-order valence-corrected chi connectivity index (χ3v) is 3.71. The highest BCUT2D eigenvalue weighted by Crippen LogP contribution is 2.33. The van der Waals surface area contributed by atoms with Crippen LogP contribution in [0.2, 0.25) is 0 Å². The predicted octanol–water partition coefficient (Wildman–Crippen LogP) is 2.45. The number of carbonyl (C=O) groups is 2. The number of nitro groups is 1. The van der Waals surface area contributed by atoms with Gasteiger partial charge in [0.2, 0.25) is 5.91 Å². The average molecular weight is 389 g/mol. The second-order valence-corrected chi connectivity index (χ2v) is 5.45. The fraction of sp³-hybridized carbons (Fsp3) is 0.222. The second kappa shape index (κ2) is 9.21. The molecule has 10 heteroatoms. The normalized spacial score (nSPS) is 9.96. The lowest BCUT2D eigenvalue weighted by molar-refractivity contribution is -0.384. The van der Waals surface area contributed by atoms with E-state index in [2.05, 4.69) is 10.6 Å². The first-order valence-electron chi connectivity index (χ1n) is 8.02. The number of ether oxygens (including phenoxy) is 3. The largest absolute Gasteiger partial charge is 0.493 e. The highest BCUT2D eigenvalue weighted by atomic mass is 16.6. The van der Waals surface area contributed by atoms with E-state index >= 15 is 0 Å². The summed E-state index contributed by atoms with van der Waals surface area (Å²) in [4.78, 5) is 34.4. The molecule has 148 valence electrons. The monoisotopic (exact) mass is 389 g/mol. The third kappa shape index (κ3) is 4.87. The standard InChI is InChI=1S/C18H19N3O7/c1-26-15-8-13(18(23)28-3)14(9-16(15)27-2)19-10-17(22)20-11-5-4-6-12(7-11)21(24)25/h4-9,19H,10H2,1-3H3,(H,20,22). The number of esters is 1. The average Bonchev–Trinajstić information content (AvgIpc) is 2.71. The third-order valence-electron chi connectivity index (χ3n) is 3.71. The zero-order valence-corrected chi connectivity index (χ0v) is 15.5. The summed E-state index contributed by atoms with van der Waals surface area (Å²) in [5.41, 5.74) is 0.599. The SMILES string of the molecule is COC(=O)c1cc(OC)c(OC)cc1NCC(=O)Nc1cccc([N+](=O)[O-])c1. The maximum Gasteiger partial charge on any atom is 0.340 e. The van der Waals surface area contributed by atoms with Gasteiger partial charge in [-0.3, -0.25) is 14.9 Å². The lowest BCUT2D eigenvalue weighted by Crippen LogP contribution is -2.23. The van der Waals surface area contributed by atoms with Crippen LogP contribution in [0.1, 0.15) is 10.4 Å². The lowest BCUT2D eigenvalue weighted by atomic mass is 10.1. The van der Waals surface area contributed by atoms with E-state index in [1.807, 2.05) is 0 Å². The van der Waals surface area contributed by atoms with Gasteiger partial charge in [0, 0.05) is 30.0 Å². The van der Waals surface area contributed by atoms with E-state index in [1.54, 1.807) is 0 Å². The highest BCUT2D eigenvalue weighted by Gasteiger charge is 2.18. The van der Waals surface area contributed by atoms with Crippen molar-refractivity contribution in [3.8, 4) is 11.5 Å². The Morgan fingerprint density at radius 2 is 1.75 bits per heavy atom. The Morgan fingerprint density at radius 1 is 1.07 bits per heavy atom. The summed E-state index contributed by atoms with van der Waals surface area (Å²) in [6.45, 7) is -0.206. The number of nitro benzene ring substituents is 1. The Kier molecular flexibility index (Phi) is 6.74. The molecule has 0 aliphatic rings. The van der Waals surface area contributed by atoms with Crippen molar-refractivity contribution in [1.29, 1.82) is 0 Å². The zero-order valence-electron chi connectivity index (χ0n) is 15.5. The van der Waals surface area contributed by atoms with E-state index in [0.717, 1.165) is 0 Å². The molecule has 0 aromatic heterocycles. The molecule has 1 amide bonds. The Balaban J connectivity index is 2.16. The van der Waals surface area contributed by atoms with Crippen molar-refractivity contribution in [1.82, 2.24) is 0 Å². The van der Waals surface area contributed by atoms with Gasteiger partial charge in [0.15, 0.2) is 11.5 Å². The van der Waals surface area contributed by atoms with Crippen molar-refractivity contribution in [2.24, 2.45) is 0 Å². The summed E-state index contributed by atoms with van der Waals surface area (Å²) in [7, 11) is 4.10. The van der Waals surface area contributed by atoms with Gasteiger partial charge < -0.3 is 24.8 Å². The molecule has 10 nitrogen and oxygen atoms in total. The van der Waals surface area contributed by atoms with Gasteiger partial charge >= 0.3 is 5.97 Å². The molecule has 0 unspecified atom stereocenters. The van der Waals surface area contributed by atoms with Crippen molar-refractivity contribution < 1.29 is 28.7 Å². The molecule has 0 fully saturated rings. The van der Waals surface area contributed by atoms with E-state index in [1.165, 1.54) is 57.7 Å². The molecule has 0 heterocycles. The summed E-state index contributed by atoms with van der Waals surface area (Å²) >= 11 is 0. The van der Waals surface area contributed by atoms with Crippen LogP contribution in [0.4, 0.5) is 17.1 Å². The molecule has 0 saturated heterocycles. The number of nitrogens with zero attached hydrogens (tertiary/aromatic N) is 1. The van der Waals surface area contributed by atoms with Crippen LogP contribution in [0.25, 0.3) is 0 Å². The van der Waals surface area contributed by atoms with Gasteiger partial charge in [-0.2, -0.15) is 0 Å². The molecule has 0 aliphatic heterocycles. The van der Waals surface area contributed by atoms with E-state index in [9.17, 15) is 19.7 Å². The molecule has 2 aromatic carbocycles. The fourth-order valence-corrected chi connectivity index (χ4v) is 2.38. The summed E-state index contributed by atoms with van der Waals surface area (Å²) in [5.74, 6) is -0.403. The minimum absolute atomic E-state index is 0.140. The maximum atomic E-state index is 12.2. The molecule has 2 aromatic rings. The van der Waals surface area contributed by atoms with Crippen molar-refractivity contribution in [3.63, 3.8) is 0 Å². The first-order chi connectivity index (χ1) is 13.4.